The second-order valence-corrected chi connectivity index (χ2v) is 7.84. The minimum absolute atomic E-state index is 0.0315. The smallest absolute Gasteiger partial charge is 0.273 e. The highest BCUT2D eigenvalue weighted by Crippen LogP contribution is 2.50. The zero-order valence-electron chi connectivity index (χ0n) is 14.5. The van der Waals surface area contributed by atoms with Gasteiger partial charge in [0.15, 0.2) is 5.69 Å². The molecule has 1 aliphatic carbocycles. The van der Waals surface area contributed by atoms with Crippen LogP contribution in [0.3, 0.4) is 0 Å². The van der Waals surface area contributed by atoms with E-state index in [9.17, 15) is 9.90 Å². The maximum Gasteiger partial charge on any atom is 0.273 e. The lowest BCUT2D eigenvalue weighted by atomic mass is 9.81. The first-order chi connectivity index (χ1) is 10.7. The van der Waals surface area contributed by atoms with Crippen molar-refractivity contribution < 1.29 is 14.6 Å². The average Bonchev–Trinajstić information content (AvgIpc) is 3.28. The molecule has 2 fully saturated rings. The minimum atomic E-state index is -0.303. The molecule has 126 valence electrons. The third kappa shape index (κ3) is 2.82. The molecular formula is C18H26N2O3. The van der Waals surface area contributed by atoms with E-state index < -0.39 is 0 Å². The summed E-state index contributed by atoms with van der Waals surface area (Å²) in [6.07, 6.45) is 2.99. The third-order valence-electron chi connectivity index (χ3n) is 5.68. The van der Waals surface area contributed by atoms with Crippen LogP contribution in [0, 0.1) is 24.2 Å². The predicted molar refractivity (Wildman–Crippen MR) is 87.3 cm³/mol. The number of carbonyl (C=O) groups is 1. The molecule has 1 aromatic heterocycles. The van der Waals surface area contributed by atoms with Gasteiger partial charge in [-0.15, -0.1) is 0 Å². The van der Waals surface area contributed by atoms with Crippen LogP contribution in [0.25, 0.3) is 0 Å². The number of ether oxygens (including phenoxy) is 1. The highest BCUT2D eigenvalue weighted by Gasteiger charge is 2.57. The van der Waals surface area contributed by atoms with Gasteiger partial charge < -0.3 is 15.2 Å². The zero-order valence-corrected chi connectivity index (χ0v) is 14.5. The number of carbonyl (C=O) groups excluding carboxylic acids is 1. The van der Waals surface area contributed by atoms with Crippen LogP contribution in [-0.4, -0.2) is 34.2 Å². The van der Waals surface area contributed by atoms with Crippen molar-refractivity contribution in [3.63, 3.8) is 0 Å². The van der Waals surface area contributed by atoms with E-state index in [1.54, 1.807) is 19.2 Å². The average molecular weight is 318 g/mol. The van der Waals surface area contributed by atoms with E-state index in [-0.39, 0.29) is 34.9 Å². The Labute approximate surface area is 137 Å². The fourth-order valence-corrected chi connectivity index (χ4v) is 3.82. The Hall–Kier alpha value is -1.62. The molecule has 3 rings (SSSR count). The number of nitrogens with zero attached hydrogens (tertiary/aromatic N) is 1. The van der Waals surface area contributed by atoms with Crippen LogP contribution in [0.1, 0.15) is 50.2 Å². The van der Waals surface area contributed by atoms with Gasteiger partial charge in [-0.3, -0.25) is 4.79 Å². The molecule has 3 unspecified atom stereocenters. The molecule has 5 nitrogen and oxygen atoms in total. The van der Waals surface area contributed by atoms with E-state index in [0.717, 1.165) is 6.42 Å². The maximum atomic E-state index is 12.6. The summed E-state index contributed by atoms with van der Waals surface area (Å²) in [5, 5.41) is 13.2. The Morgan fingerprint density at radius 2 is 2.09 bits per heavy atom. The van der Waals surface area contributed by atoms with Crippen molar-refractivity contribution in [2.24, 2.45) is 17.3 Å². The number of hydrogen-bond acceptors (Lipinski definition) is 4. The Morgan fingerprint density at radius 3 is 2.78 bits per heavy atom. The van der Waals surface area contributed by atoms with E-state index in [2.05, 4.69) is 38.0 Å². The first-order valence-electron chi connectivity index (χ1n) is 8.33. The van der Waals surface area contributed by atoms with Gasteiger partial charge in [0.1, 0.15) is 5.75 Å². The second kappa shape index (κ2) is 5.48. The van der Waals surface area contributed by atoms with E-state index in [0.29, 0.717) is 23.5 Å². The van der Waals surface area contributed by atoms with Gasteiger partial charge in [-0.05, 0) is 42.2 Å². The van der Waals surface area contributed by atoms with Gasteiger partial charge in [-0.2, -0.15) is 0 Å². The molecule has 1 saturated heterocycles. The number of fused-ring (bicyclic) bond motifs is 1. The number of pyridine rings is 1. The van der Waals surface area contributed by atoms with Crippen LogP contribution in [0.4, 0.5) is 0 Å². The molecule has 23 heavy (non-hydrogen) atoms. The summed E-state index contributed by atoms with van der Waals surface area (Å²) < 4.78 is 5.86. The van der Waals surface area contributed by atoms with Gasteiger partial charge in [-0.1, -0.05) is 27.7 Å². The molecule has 0 radical (unpaired) electrons. The molecule has 2 N–H and O–H groups in total. The lowest BCUT2D eigenvalue weighted by Crippen LogP contribution is -2.44. The SMILES string of the molecule is Cc1ccnc(C(=O)NC2CC(C)(C)C3OC3[C@H](C)[C@H]2C)c1O. The molecule has 0 aromatic carbocycles. The Balaban J connectivity index is 1.80. The number of nitrogens with one attached hydrogen (secondary N) is 1. The van der Waals surface area contributed by atoms with Crippen LogP contribution in [-0.2, 0) is 4.74 Å². The lowest BCUT2D eigenvalue weighted by molar-refractivity contribution is 0.0858. The summed E-state index contributed by atoms with van der Waals surface area (Å²) in [4.78, 5) is 16.6. The van der Waals surface area contributed by atoms with E-state index in [4.69, 9.17) is 4.74 Å². The number of aryl methyl sites for hydroxylation is 1. The minimum Gasteiger partial charge on any atom is -0.505 e. The molecule has 1 aliphatic heterocycles. The van der Waals surface area contributed by atoms with Crippen LogP contribution in [0.15, 0.2) is 12.3 Å². The summed E-state index contributed by atoms with van der Waals surface area (Å²) in [7, 11) is 0. The standard InChI is InChI=1S/C18H26N2O3/c1-9-6-7-19-13(14(9)21)17(22)20-12-8-18(4,5)16-15(23-16)11(3)10(12)2/h6-7,10-12,15-16,21H,8H2,1-5H3,(H,20,22)/t10-,11-,12?,15?,16?/m1/s1. The number of aromatic nitrogens is 1. The van der Waals surface area contributed by atoms with Gasteiger partial charge in [0, 0.05) is 12.2 Å². The predicted octanol–water partition coefficient (Wildman–Crippen LogP) is 2.66. The lowest BCUT2D eigenvalue weighted by Gasteiger charge is -2.32. The topological polar surface area (TPSA) is 74.8 Å². The van der Waals surface area contributed by atoms with Gasteiger partial charge in [0.05, 0.1) is 12.2 Å². The van der Waals surface area contributed by atoms with Gasteiger partial charge >= 0.3 is 0 Å². The summed E-state index contributed by atoms with van der Waals surface area (Å²) in [6.45, 7) is 10.5. The van der Waals surface area contributed by atoms with E-state index >= 15 is 0 Å². The molecule has 1 amide bonds. The second-order valence-electron chi connectivity index (χ2n) is 7.84. The molecular weight excluding hydrogens is 292 g/mol. The maximum absolute atomic E-state index is 12.6. The van der Waals surface area contributed by atoms with Crippen molar-refractivity contribution in [3.8, 4) is 5.75 Å². The molecule has 2 aliphatic rings. The highest BCUT2D eigenvalue weighted by atomic mass is 16.6. The summed E-state index contributed by atoms with van der Waals surface area (Å²) in [5.74, 6) is 0.362. The van der Waals surface area contributed by atoms with Gasteiger partial charge in [0.2, 0.25) is 0 Å². The van der Waals surface area contributed by atoms with Crippen LogP contribution >= 0.6 is 0 Å². The van der Waals surface area contributed by atoms with Crippen molar-refractivity contribution in [2.75, 3.05) is 0 Å². The number of amides is 1. The number of epoxide rings is 1. The Kier molecular flexibility index (Phi) is 3.87. The molecule has 1 aromatic rings. The van der Waals surface area contributed by atoms with Gasteiger partial charge in [0.25, 0.3) is 5.91 Å². The van der Waals surface area contributed by atoms with Crippen LogP contribution < -0.4 is 5.32 Å². The normalized spacial score (nSPS) is 35.1. The van der Waals surface area contributed by atoms with Crippen molar-refractivity contribution in [3.05, 3.63) is 23.5 Å². The van der Waals surface area contributed by atoms with Crippen molar-refractivity contribution in [1.29, 1.82) is 0 Å². The Bertz CT molecular complexity index is 629. The summed E-state index contributed by atoms with van der Waals surface area (Å²) >= 11 is 0. The van der Waals surface area contributed by atoms with Gasteiger partial charge in [-0.25, -0.2) is 4.98 Å². The van der Waals surface area contributed by atoms with Crippen LogP contribution in [0.2, 0.25) is 0 Å². The molecule has 2 heterocycles. The zero-order chi connectivity index (χ0) is 16.9. The molecule has 5 atom stereocenters. The van der Waals surface area contributed by atoms with E-state index in [1.165, 1.54) is 0 Å². The third-order valence-corrected chi connectivity index (χ3v) is 5.68. The van der Waals surface area contributed by atoms with Crippen molar-refractivity contribution >= 4 is 5.91 Å². The number of rotatable bonds is 2. The molecule has 1 saturated carbocycles. The first kappa shape index (κ1) is 16.2. The molecule has 5 heteroatoms. The fourth-order valence-electron chi connectivity index (χ4n) is 3.82. The molecule has 0 bridgehead atoms. The van der Waals surface area contributed by atoms with Crippen molar-refractivity contribution in [2.45, 2.75) is 59.3 Å². The highest BCUT2D eigenvalue weighted by molar-refractivity contribution is 5.95. The fraction of sp³-hybridized carbons (Fsp3) is 0.667. The number of hydrogen-bond donors (Lipinski definition) is 2. The van der Waals surface area contributed by atoms with Crippen molar-refractivity contribution in [1.82, 2.24) is 10.3 Å². The number of aromatic hydroxyl groups is 1. The van der Waals surface area contributed by atoms with Crippen LogP contribution in [0.5, 0.6) is 5.75 Å². The largest absolute Gasteiger partial charge is 0.505 e. The Morgan fingerprint density at radius 1 is 1.39 bits per heavy atom. The monoisotopic (exact) mass is 318 g/mol. The quantitative estimate of drug-likeness (QED) is 0.822. The summed E-state index contributed by atoms with van der Waals surface area (Å²) in [5.41, 5.74) is 0.791. The summed E-state index contributed by atoms with van der Waals surface area (Å²) in [6, 6.07) is 1.74. The molecule has 0 spiro atoms. The van der Waals surface area contributed by atoms with E-state index in [1.807, 2.05) is 0 Å². The first-order valence-corrected chi connectivity index (χ1v) is 8.33.